The van der Waals surface area contributed by atoms with Gasteiger partial charge in [0.25, 0.3) is 0 Å². The van der Waals surface area contributed by atoms with Crippen molar-refractivity contribution in [1.82, 2.24) is 10.2 Å². The summed E-state index contributed by atoms with van der Waals surface area (Å²) >= 11 is 1.71. The molecule has 0 saturated heterocycles. The van der Waals surface area contributed by atoms with E-state index in [2.05, 4.69) is 16.8 Å². The van der Waals surface area contributed by atoms with Crippen molar-refractivity contribution in [3.8, 4) is 0 Å². The summed E-state index contributed by atoms with van der Waals surface area (Å²) < 4.78 is 0. The number of thiophene rings is 1. The van der Waals surface area contributed by atoms with Gasteiger partial charge in [0.1, 0.15) is 0 Å². The fourth-order valence-electron chi connectivity index (χ4n) is 2.25. The SMILES string of the molecule is CCN(Cc1cccs1)C(=O)NC1CCCC1. The molecule has 2 amide bonds. The topological polar surface area (TPSA) is 32.3 Å². The van der Waals surface area contributed by atoms with Gasteiger partial charge in [-0.25, -0.2) is 4.79 Å². The van der Waals surface area contributed by atoms with Crippen LogP contribution in [0.3, 0.4) is 0 Å². The first-order valence-electron chi connectivity index (χ1n) is 6.37. The molecule has 1 N–H and O–H groups in total. The molecular weight excluding hydrogens is 232 g/mol. The van der Waals surface area contributed by atoms with Gasteiger partial charge in [-0.1, -0.05) is 18.9 Å². The minimum Gasteiger partial charge on any atom is -0.335 e. The monoisotopic (exact) mass is 252 g/mol. The van der Waals surface area contributed by atoms with Crippen LogP contribution >= 0.6 is 11.3 Å². The molecule has 1 heterocycles. The van der Waals surface area contributed by atoms with Crippen LogP contribution in [-0.4, -0.2) is 23.5 Å². The van der Waals surface area contributed by atoms with Crippen molar-refractivity contribution in [3.63, 3.8) is 0 Å². The third kappa shape index (κ3) is 3.46. The number of hydrogen-bond donors (Lipinski definition) is 1. The van der Waals surface area contributed by atoms with Crippen molar-refractivity contribution in [1.29, 1.82) is 0 Å². The number of amides is 2. The first-order valence-corrected chi connectivity index (χ1v) is 7.25. The Labute approximate surface area is 107 Å². The number of rotatable bonds is 4. The first kappa shape index (κ1) is 12.4. The molecule has 1 aliphatic rings. The highest BCUT2D eigenvalue weighted by molar-refractivity contribution is 7.09. The smallest absolute Gasteiger partial charge is 0.317 e. The van der Waals surface area contributed by atoms with Gasteiger partial charge in [-0.3, -0.25) is 0 Å². The van der Waals surface area contributed by atoms with Gasteiger partial charge in [0.05, 0.1) is 6.54 Å². The molecule has 1 saturated carbocycles. The lowest BCUT2D eigenvalue weighted by molar-refractivity contribution is 0.194. The van der Waals surface area contributed by atoms with Crippen LogP contribution in [0.4, 0.5) is 4.79 Å². The summed E-state index contributed by atoms with van der Waals surface area (Å²) in [6, 6.07) is 4.60. The maximum absolute atomic E-state index is 12.1. The van der Waals surface area contributed by atoms with Gasteiger partial charge in [-0.2, -0.15) is 0 Å². The summed E-state index contributed by atoms with van der Waals surface area (Å²) in [5.41, 5.74) is 0. The van der Waals surface area contributed by atoms with Gasteiger partial charge in [0.2, 0.25) is 0 Å². The predicted molar refractivity (Wildman–Crippen MR) is 71.2 cm³/mol. The largest absolute Gasteiger partial charge is 0.335 e. The number of nitrogens with one attached hydrogen (secondary N) is 1. The summed E-state index contributed by atoms with van der Waals surface area (Å²) in [4.78, 5) is 15.2. The van der Waals surface area contributed by atoms with Crippen LogP contribution < -0.4 is 5.32 Å². The molecule has 1 aliphatic carbocycles. The fraction of sp³-hybridized carbons (Fsp3) is 0.615. The first-order chi connectivity index (χ1) is 8.29. The number of urea groups is 1. The lowest BCUT2D eigenvalue weighted by atomic mass is 10.2. The van der Waals surface area contributed by atoms with Gasteiger partial charge in [-0.05, 0) is 31.2 Å². The Morgan fingerprint density at radius 3 is 2.88 bits per heavy atom. The van der Waals surface area contributed by atoms with Gasteiger partial charge in [0.15, 0.2) is 0 Å². The van der Waals surface area contributed by atoms with Crippen LogP contribution in [0, 0.1) is 0 Å². The second-order valence-corrected chi connectivity index (χ2v) is 5.56. The molecule has 1 aromatic rings. The average Bonchev–Trinajstić information content (AvgIpc) is 2.97. The Morgan fingerprint density at radius 2 is 2.29 bits per heavy atom. The maximum Gasteiger partial charge on any atom is 0.317 e. The zero-order chi connectivity index (χ0) is 12.1. The van der Waals surface area contributed by atoms with E-state index in [-0.39, 0.29) is 6.03 Å². The van der Waals surface area contributed by atoms with Crippen LogP contribution in [0.5, 0.6) is 0 Å². The number of carbonyl (C=O) groups excluding carboxylic acids is 1. The Hall–Kier alpha value is -1.03. The summed E-state index contributed by atoms with van der Waals surface area (Å²) in [5, 5.41) is 5.19. The molecule has 0 aromatic carbocycles. The van der Waals surface area contributed by atoms with Crippen molar-refractivity contribution in [2.75, 3.05) is 6.54 Å². The molecule has 4 heteroatoms. The zero-order valence-corrected chi connectivity index (χ0v) is 11.1. The van der Waals surface area contributed by atoms with Gasteiger partial charge in [-0.15, -0.1) is 11.3 Å². The van der Waals surface area contributed by atoms with E-state index in [1.807, 2.05) is 17.9 Å². The standard InChI is InChI=1S/C13H20N2OS/c1-2-15(10-12-8-5-9-17-12)13(16)14-11-6-3-4-7-11/h5,8-9,11H,2-4,6-7,10H2,1H3,(H,14,16). The van der Waals surface area contributed by atoms with E-state index in [0.29, 0.717) is 6.04 Å². The number of nitrogens with zero attached hydrogens (tertiary/aromatic N) is 1. The minimum atomic E-state index is 0.0906. The van der Waals surface area contributed by atoms with E-state index >= 15 is 0 Å². The van der Waals surface area contributed by atoms with Crippen LogP contribution in [-0.2, 0) is 6.54 Å². The molecule has 0 bridgehead atoms. The molecule has 0 unspecified atom stereocenters. The molecule has 0 atom stereocenters. The van der Waals surface area contributed by atoms with Crippen LogP contribution in [0.1, 0.15) is 37.5 Å². The minimum absolute atomic E-state index is 0.0906. The Kier molecular flexibility index (Phi) is 4.42. The van der Waals surface area contributed by atoms with Crippen molar-refractivity contribution >= 4 is 17.4 Å². The molecule has 1 fully saturated rings. The van der Waals surface area contributed by atoms with Crippen LogP contribution in [0.2, 0.25) is 0 Å². The highest BCUT2D eigenvalue weighted by Gasteiger charge is 2.20. The number of hydrogen-bond acceptors (Lipinski definition) is 2. The van der Waals surface area contributed by atoms with E-state index in [1.54, 1.807) is 11.3 Å². The molecule has 3 nitrogen and oxygen atoms in total. The lowest BCUT2D eigenvalue weighted by Gasteiger charge is -2.23. The molecule has 17 heavy (non-hydrogen) atoms. The molecule has 2 rings (SSSR count). The van der Waals surface area contributed by atoms with Crippen LogP contribution in [0.15, 0.2) is 17.5 Å². The zero-order valence-electron chi connectivity index (χ0n) is 10.3. The third-order valence-electron chi connectivity index (χ3n) is 3.28. The van der Waals surface area contributed by atoms with E-state index in [4.69, 9.17) is 0 Å². The normalized spacial score (nSPS) is 16.1. The highest BCUT2D eigenvalue weighted by Crippen LogP contribution is 2.18. The predicted octanol–water partition coefficient (Wildman–Crippen LogP) is 3.22. The quantitative estimate of drug-likeness (QED) is 0.876. The molecule has 94 valence electrons. The average molecular weight is 252 g/mol. The maximum atomic E-state index is 12.1. The summed E-state index contributed by atoms with van der Waals surface area (Å²) in [6.07, 6.45) is 4.79. The van der Waals surface area contributed by atoms with Gasteiger partial charge >= 0.3 is 6.03 Å². The molecule has 1 aromatic heterocycles. The van der Waals surface area contributed by atoms with Gasteiger partial charge < -0.3 is 10.2 Å². The van der Waals surface area contributed by atoms with Crippen LogP contribution in [0.25, 0.3) is 0 Å². The Bertz CT molecular complexity index is 344. The van der Waals surface area contributed by atoms with Crippen molar-refractivity contribution in [2.45, 2.75) is 45.2 Å². The van der Waals surface area contributed by atoms with Gasteiger partial charge in [0, 0.05) is 17.5 Å². The number of carbonyl (C=O) groups is 1. The molecule has 0 aliphatic heterocycles. The Balaban J connectivity index is 1.86. The van der Waals surface area contributed by atoms with E-state index in [0.717, 1.165) is 25.9 Å². The van der Waals surface area contributed by atoms with E-state index < -0.39 is 0 Å². The fourth-order valence-corrected chi connectivity index (χ4v) is 2.97. The van der Waals surface area contributed by atoms with Crippen molar-refractivity contribution in [2.24, 2.45) is 0 Å². The van der Waals surface area contributed by atoms with Crippen molar-refractivity contribution in [3.05, 3.63) is 22.4 Å². The highest BCUT2D eigenvalue weighted by atomic mass is 32.1. The Morgan fingerprint density at radius 1 is 1.53 bits per heavy atom. The lowest BCUT2D eigenvalue weighted by Crippen LogP contribution is -2.43. The molecule has 0 radical (unpaired) electrons. The summed E-state index contributed by atoms with van der Waals surface area (Å²) in [5.74, 6) is 0. The molecule has 0 spiro atoms. The summed E-state index contributed by atoms with van der Waals surface area (Å²) in [6.45, 7) is 3.52. The third-order valence-corrected chi connectivity index (χ3v) is 4.14. The van der Waals surface area contributed by atoms with E-state index in [9.17, 15) is 4.79 Å². The summed E-state index contributed by atoms with van der Waals surface area (Å²) in [7, 11) is 0. The van der Waals surface area contributed by atoms with E-state index in [1.165, 1.54) is 17.7 Å². The second kappa shape index (κ2) is 6.05. The second-order valence-electron chi connectivity index (χ2n) is 4.52. The van der Waals surface area contributed by atoms with Crippen molar-refractivity contribution < 1.29 is 4.79 Å². The molecular formula is C13H20N2OS.